The lowest BCUT2D eigenvalue weighted by atomic mass is 10.1. The molecule has 24 heavy (non-hydrogen) atoms. The van der Waals surface area contributed by atoms with E-state index in [0.29, 0.717) is 12.7 Å². The lowest BCUT2D eigenvalue weighted by Gasteiger charge is -2.26. The first kappa shape index (κ1) is 16.8. The van der Waals surface area contributed by atoms with Crippen LogP contribution >= 0.6 is 0 Å². The van der Waals surface area contributed by atoms with E-state index >= 15 is 0 Å². The number of aromatic nitrogens is 1. The number of pyridine rings is 1. The molecule has 0 aliphatic heterocycles. The van der Waals surface area contributed by atoms with Crippen LogP contribution in [-0.2, 0) is 25.9 Å². The van der Waals surface area contributed by atoms with Crippen molar-refractivity contribution in [3.8, 4) is 0 Å². The molecule has 0 saturated carbocycles. The van der Waals surface area contributed by atoms with E-state index in [1.807, 2.05) is 30.5 Å². The lowest BCUT2D eigenvalue weighted by molar-refractivity contribution is 0.0904. The standard InChI is InChI=1S/C19H21NO3Si/c1-21-24(22-2,15-16-6-4-3-5-7-16)23-14-17-8-9-18-10-11-20-13-19(18)12-17/h3-13H,14-15H2,1-2H3. The maximum absolute atomic E-state index is 6.14. The summed E-state index contributed by atoms with van der Waals surface area (Å²) in [6.07, 6.45) is 3.66. The Hall–Kier alpha value is -2.05. The molecule has 3 aromatic rings. The molecule has 0 unspecified atom stereocenters. The van der Waals surface area contributed by atoms with Crippen molar-refractivity contribution in [1.29, 1.82) is 0 Å². The van der Waals surface area contributed by atoms with Crippen molar-refractivity contribution in [2.75, 3.05) is 14.2 Å². The fourth-order valence-corrected chi connectivity index (χ4v) is 4.58. The Morgan fingerprint density at radius 3 is 2.42 bits per heavy atom. The van der Waals surface area contributed by atoms with Crippen molar-refractivity contribution in [2.45, 2.75) is 12.7 Å². The molecule has 0 aliphatic rings. The Labute approximate surface area is 143 Å². The van der Waals surface area contributed by atoms with Gasteiger partial charge in [-0.2, -0.15) is 0 Å². The Kier molecular flexibility index (Phi) is 5.37. The summed E-state index contributed by atoms with van der Waals surface area (Å²) in [6, 6.07) is 19.0. The summed E-state index contributed by atoms with van der Waals surface area (Å²) in [7, 11) is 0.561. The summed E-state index contributed by atoms with van der Waals surface area (Å²) in [5, 5.41) is 2.27. The minimum atomic E-state index is -2.75. The molecule has 0 amide bonds. The largest absolute Gasteiger partial charge is 0.505 e. The van der Waals surface area contributed by atoms with Gasteiger partial charge in [0.2, 0.25) is 0 Å². The minimum absolute atomic E-state index is 0.450. The third kappa shape index (κ3) is 3.88. The fourth-order valence-electron chi connectivity index (χ4n) is 2.66. The zero-order valence-corrected chi connectivity index (χ0v) is 14.9. The molecule has 1 aromatic heterocycles. The highest BCUT2D eigenvalue weighted by atomic mass is 28.4. The van der Waals surface area contributed by atoms with Crippen LogP contribution in [0.4, 0.5) is 0 Å². The predicted molar refractivity (Wildman–Crippen MR) is 96.5 cm³/mol. The van der Waals surface area contributed by atoms with Gasteiger partial charge in [-0.25, -0.2) is 0 Å². The SMILES string of the molecule is CO[Si](Cc1ccccc1)(OC)OCc1ccc2ccncc2c1. The maximum Gasteiger partial charge on any atom is 0.505 e. The Bertz CT molecular complexity index is 791. The highest BCUT2D eigenvalue weighted by Crippen LogP contribution is 2.20. The van der Waals surface area contributed by atoms with Gasteiger partial charge in [0.05, 0.1) is 6.61 Å². The first-order chi connectivity index (χ1) is 11.7. The average Bonchev–Trinajstić information content (AvgIpc) is 2.66. The van der Waals surface area contributed by atoms with Crippen LogP contribution < -0.4 is 0 Å². The van der Waals surface area contributed by atoms with Crippen molar-refractivity contribution in [2.24, 2.45) is 0 Å². The molecule has 4 nitrogen and oxygen atoms in total. The summed E-state index contributed by atoms with van der Waals surface area (Å²) in [5.41, 5.74) is 2.23. The van der Waals surface area contributed by atoms with Crippen molar-refractivity contribution in [3.05, 3.63) is 78.1 Å². The minimum Gasteiger partial charge on any atom is -0.377 e. The Morgan fingerprint density at radius 1 is 0.875 bits per heavy atom. The number of benzene rings is 2. The van der Waals surface area contributed by atoms with Gasteiger partial charge in [-0.3, -0.25) is 4.98 Å². The molecular weight excluding hydrogens is 318 g/mol. The topological polar surface area (TPSA) is 40.6 Å². The summed E-state index contributed by atoms with van der Waals surface area (Å²) in [4.78, 5) is 4.17. The molecule has 5 heteroatoms. The number of hydrogen-bond donors (Lipinski definition) is 0. The molecule has 3 rings (SSSR count). The molecule has 0 saturated heterocycles. The second-order valence-corrected chi connectivity index (χ2v) is 8.42. The first-order valence-electron chi connectivity index (χ1n) is 7.85. The van der Waals surface area contributed by atoms with Crippen molar-refractivity contribution in [1.82, 2.24) is 4.98 Å². The Morgan fingerprint density at radius 2 is 1.67 bits per heavy atom. The van der Waals surface area contributed by atoms with Crippen molar-refractivity contribution >= 4 is 19.6 Å². The quantitative estimate of drug-likeness (QED) is 0.615. The Balaban J connectivity index is 1.75. The predicted octanol–water partition coefficient (Wildman–Crippen LogP) is 3.77. The van der Waals surface area contributed by atoms with Crippen molar-refractivity contribution in [3.63, 3.8) is 0 Å². The molecule has 0 aliphatic carbocycles. The highest BCUT2D eigenvalue weighted by Gasteiger charge is 2.39. The summed E-state index contributed by atoms with van der Waals surface area (Å²) in [5.74, 6) is 0. The van der Waals surface area contributed by atoms with Crippen LogP contribution in [0.1, 0.15) is 11.1 Å². The number of rotatable bonds is 7. The van der Waals surface area contributed by atoms with Crippen LogP contribution in [0, 0.1) is 0 Å². The zero-order chi connectivity index (χ0) is 16.8. The fraction of sp³-hybridized carbons (Fsp3) is 0.211. The van der Waals surface area contributed by atoms with Gasteiger partial charge < -0.3 is 13.3 Å². The summed E-state index contributed by atoms with van der Waals surface area (Å²) >= 11 is 0. The van der Waals surface area contributed by atoms with Crippen LogP contribution in [0.2, 0.25) is 0 Å². The van der Waals surface area contributed by atoms with E-state index in [1.54, 1.807) is 20.4 Å². The van der Waals surface area contributed by atoms with Gasteiger partial charge >= 0.3 is 8.80 Å². The molecule has 0 radical (unpaired) electrons. The van der Waals surface area contributed by atoms with Crippen LogP contribution in [0.3, 0.4) is 0 Å². The van der Waals surface area contributed by atoms with Gasteiger partial charge in [0.15, 0.2) is 0 Å². The summed E-state index contributed by atoms with van der Waals surface area (Å²) < 4.78 is 17.5. The van der Waals surface area contributed by atoms with E-state index in [1.165, 1.54) is 5.39 Å². The molecule has 0 N–H and O–H groups in total. The van der Waals surface area contributed by atoms with Crippen LogP contribution in [0.15, 0.2) is 67.0 Å². The lowest BCUT2D eigenvalue weighted by Crippen LogP contribution is -2.46. The van der Waals surface area contributed by atoms with Crippen LogP contribution in [0.25, 0.3) is 10.8 Å². The van der Waals surface area contributed by atoms with E-state index in [2.05, 4.69) is 35.3 Å². The number of fused-ring (bicyclic) bond motifs is 1. The smallest absolute Gasteiger partial charge is 0.377 e. The molecule has 124 valence electrons. The third-order valence-electron chi connectivity index (χ3n) is 4.05. The monoisotopic (exact) mass is 339 g/mol. The molecule has 0 bridgehead atoms. The van der Waals surface area contributed by atoms with Gasteiger partial charge in [0, 0.05) is 38.0 Å². The third-order valence-corrected chi connectivity index (χ3v) is 6.72. The molecule has 0 spiro atoms. The van der Waals surface area contributed by atoms with Gasteiger partial charge in [-0.1, -0.05) is 42.5 Å². The van der Waals surface area contributed by atoms with Crippen LogP contribution in [-0.4, -0.2) is 28.0 Å². The normalized spacial score (nSPS) is 11.8. The average molecular weight is 339 g/mol. The zero-order valence-electron chi connectivity index (χ0n) is 13.9. The van der Waals surface area contributed by atoms with Gasteiger partial charge in [0.25, 0.3) is 0 Å². The molecule has 2 aromatic carbocycles. The molecule has 1 heterocycles. The van der Waals surface area contributed by atoms with E-state index < -0.39 is 8.80 Å². The molecule has 0 atom stereocenters. The van der Waals surface area contributed by atoms with E-state index in [4.69, 9.17) is 13.3 Å². The van der Waals surface area contributed by atoms with Gasteiger partial charge in [-0.05, 0) is 28.6 Å². The number of hydrogen-bond acceptors (Lipinski definition) is 4. The first-order valence-corrected chi connectivity index (χ1v) is 9.79. The number of nitrogens with zero attached hydrogens (tertiary/aromatic N) is 1. The second-order valence-electron chi connectivity index (χ2n) is 5.60. The molecule has 0 fully saturated rings. The highest BCUT2D eigenvalue weighted by molar-refractivity contribution is 6.60. The van der Waals surface area contributed by atoms with E-state index in [-0.39, 0.29) is 0 Å². The van der Waals surface area contributed by atoms with E-state index in [0.717, 1.165) is 16.5 Å². The van der Waals surface area contributed by atoms with Crippen molar-refractivity contribution < 1.29 is 13.3 Å². The summed E-state index contributed by atoms with van der Waals surface area (Å²) in [6.45, 7) is 0.450. The van der Waals surface area contributed by atoms with Crippen LogP contribution in [0.5, 0.6) is 0 Å². The molecular formula is C19H21NO3Si. The van der Waals surface area contributed by atoms with Gasteiger partial charge in [-0.15, -0.1) is 0 Å². The second kappa shape index (κ2) is 7.68. The maximum atomic E-state index is 6.14. The van der Waals surface area contributed by atoms with E-state index in [9.17, 15) is 0 Å². The van der Waals surface area contributed by atoms with Gasteiger partial charge in [0.1, 0.15) is 0 Å².